The van der Waals surface area contributed by atoms with Gasteiger partial charge in [0, 0.05) is 11.8 Å². The van der Waals surface area contributed by atoms with Crippen molar-refractivity contribution in [3.8, 4) is 16.8 Å². The van der Waals surface area contributed by atoms with Crippen LogP contribution in [-0.4, -0.2) is 9.78 Å². The van der Waals surface area contributed by atoms with E-state index in [-0.39, 0.29) is 0 Å². The van der Waals surface area contributed by atoms with Crippen molar-refractivity contribution >= 4 is 0 Å². The Morgan fingerprint density at radius 3 is 2.30 bits per heavy atom. The summed E-state index contributed by atoms with van der Waals surface area (Å²) in [5.74, 6) is 0.482. The average molecular weight is 262 g/mol. The predicted molar refractivity (Wildman–Crippen MR) is 83.1 cm³/mol. The molecule has 2 aromatic carbocycles. The van der Waals surface area contributed by atoms with Gasteiger partial charge in [-0.2, -0.15) is 5.10 Å². The van der Waals surface area contributed by atoms with Crippen molar-refractivity contribution in [2.24, 2.45) is 0 Å². The largest absolute Gasteiger partial charge is 0.240 e. The third kappa shape index (κ3) is 2.37. The molecule has 1 aromatic heterocycles. The van der Waals surface area contributed by atoms with Crippen molar-refractivity contribution in [2.45, 2.75) is 19.8 Å². The molecule has 0 radical (unpaired) electrons. The first-order chi connectivity index (χ1) is 9.75. The highest BCUT2D eigenvalue weighted by Crippen LogP contribution is 2.25. The summed E-state index contributed by atoms with van der Waals surface area (Å²) >= 11 is 0. The minimum absolute atomic E-state index is 0.482. The summed E-state index contributed by atoms with van der Waals surface area (Å²) in [4.78, 5) is 0. The number of benzene rings is 2. The number of rotatable bonds is 3. The van der Waals surface area contributed by atoms with Crippen LogP contribution in [0.3, 0.4) is 0 Å². The number of nitrogens with zero attached hydrogens (tertiary/aromatic N) is 2. The van der Waals surface area contributed by atoms with Crippen molar-refractivity contribution < 1.29 is 0 Å². The fraction of sp³-hybridized carbons (Fsp3) is 0.167. The highest BCUT2D eigenvalue weighted by atomic mass is 15.3. The van der Waals surface area contributed by atoms with Crippen LogP contribution in [0.1, 0.15) is 25.3 Å². The van der Waals surface area contributed by atoms with Crippen molar-refractivity contribution in [2.75, 3.05) is 0 Å². The van der Waals surface area contributed by atoms with E-state index in [0.29, 0.717) is 5.92 Å². The molecule has 0 aliphatic carbocycles. The molecule has 20 heavy (non-hydrogen) atoms. The van der Waals surface area contributed by atoms with Crippen LogP contribution in [0.4, 0.5) is 0 Å². The van der Waals surface area contributed by atoms with Gasteiger partial charge in [0.1, 0.15) is 0 Å². The topological polar surface area (TPSA) is 17.8 Å². The molecule has 0 atom stereocenters. The van der Waals surface area contributed by atoms with E-state index in [1.807, 2.05) is 16.9 Å². The van der Waals surface area contributed by atoms with Gasteiger partial charge in [-0.15, -0.1) is 0 Å². The Hall–Kier alpha value is -2.35. The highest BCUT2D eigenvalue weighted by molar-refractivity contribution is 5.62. The van der Waals surface area contributed by atoms with Crippen LogP contribution in [0, 0.1) is 0 Å². The summed E-state index contributed by atoms with van der Waals surface area (Å²) in [5.41, 5.74) is 4.81. The summed E-state index contributed by atoms with van der Waals surface area (Å²) < 4.78 is 1.97. The Labute approximate surface area is 119 Å². The van der Waals surface area contributed by atoms with Gasteiger partial charge in [-0.05, 0) is 23.1 Å². The van der Waals surface area contributed by atoms with E-state index in [0.717, 1.165) is 11.3 Å². The van der Waals surface area contributed by atoms with E-state index < -0.39 is 0 Å². The van der Waals surface area contributed by atoms with Gasteiger partial charge in [0.15, 0.2) is 0 Å². The zero-order valence-corrected chi connectivity index (χ0v) is 11.8. The quantitative estimate of drug-likeness (QED) is 0.671. The van der Waals surface area contributed by atoms with Crippen LogP contribution in [-0.2, 0) is 0 Å². The van der Waals surface area contributed by atoms with E-state index in [9.17, 15) is 0 Å². The van der Waals surface area contributed by atoms with Gasteiger partial charge in [-0.3, -0.25) is 0 Å². The molecule has 3 rings (SSSR count). The fourth-order valence-electron chi connectivity index (χ4n) is 2.42. The number of aromatic nitrogens is 2. The molecule has 1 heterocycles. The molecule has 2 heteroatoms. The second kappa shape index (κ2) is 5.33. The molecule has 0 unspecified atom stereocenters. The maximum absolute atomic E-state index is 4.52. The summed E-state index contributed by atoms with van der Waals surface area (Å²) in [6, 6.07) is 18.8. The molecule has 0 saturated carbocycles. The molecule has 0 N–H and O–H groups in total. The first-order valence-corrected chi connectivity index (χ1v) is 6.95. The van der Waals surface area contributed by atoms with Crippen molar-refractivity contribution in [1.82, 2.24) is 9.78 Å². The molecular formula is C18H18N2. The molecule has 2 nitrogen and oxygen atoms in total. The van der Waals surface area contributed by atoms with E-state index in [2.05, 4.69) is 73.7 Å². The molecule has 0 fully saturated rings. The maximum atomic E-state index is 4.52. The number of hydrogen-bond acceptors (Lipinski definition) is 1. The Morgan fingerprint density at radius 1 is 0.850 bits per heavy atom. The Morgan fingerprint density at radius 2 is 1.55 bits per heavy atom. The Balaban J connectivity index is 2.03. The second-order valence-electron chi connectivity index (χ2n) is 5.25. The van der Waals surface area contributed by atoms with Crippen LogP contribution in [0.15, 0.2) is 67.0 Å². The predicted octanol–water partition coefficient (Wildman–Crippen LogP) is 4.66. The van der Waals surface area contributed by atoms with Crippen LogP contribution in [0.25, 0.3) is 16.8 Å². The van der Waals surface area contributed by atoms with Gasteiger partial charge in [0.05, 0.1) is 11.9 Å². The van der Waals surface area contributed by atoms with Crippen LogP contribution in [0.5, 0.6) is 0 Å². The zero-order chi connectivity index (χ0) is 13.9. The second-order valence-corrected chi connectivity index (χ2v) is 5.25. The van der Waals surface area contributed by atoms with E-state index in [1.54, 1.807) is 0 Å². The van der Waals surface area contributed by atoms with Crippen LogP contribution in [0.2, 0.25) is 0 Å². The molecule has 3 aromatic rings. The SMILES string of the molecule is CC(C)c1ccccc1-n1cc(-c2ccccc2)cn1. The lowest BCUT2D eigenvalue weighted by molar-refractivity contribution is 0.809. The van der Waals surface area contributed by atoms with Crippen molar-refractivity contribution in [1.29, 1.82) is 0 Å². The minimum Gasteiger partial charge on any atom is -0.240 e. The van der Waals surface area contributed by atoms with Crippen molar-refractivity contribution in [3.05, 3.63) is 72.6 Å². The van der Waals surface area contributed by atoms with Crippen LogP contribution < -0.4 is 0 Å². The normalized spacial score (nSPS) is 10.9. The number of para-hydroxylation sites is 1. The summed E-state index contributed by atoms with van der Waals surface area (Å²) in [6.07, 6.45) is 4.02. The van der Waals surface area contributed by atoms with Gasteiger partial charge in [0.2, 0.25) is 0 Å². The lowest BCUT2D eigenvalue weighted by Gasteiger charge is -2.12. The molecule has 0 aliphatic heterocycles. The lowest BCUT2D eigenvalue weighted by atomic mass is 10.0. The molecule has 0 amide bonds. The smallest absolute Gasteiger partial charge is 0.0680 e. The van der Waals surface area contributed by atoms with Gasteiger partial charge in [-0.1, -0.05) is 62.4 Å². The van der Waals surface area contributed by atoms with E-state index >= 15 is 0 Å². The molecule has 0 aliphatic rings. The monoisotopic (exact) mass is 262 g/mol. The third-order valence-electron chi connectivity index (χ3n) is 3.50. The summed E-state index contributed by atoms with van der Waals surface area (Å²) in [7, 11) is 0. The van der Waals surface area contributed by atoms with Gasteiger partial charge in [-0.25, -0.2) is 4.68 Å². The van der Waals surface area contributed by atoms with E-state index in [1.165, 1.54) is 11.1 Å². The van der Waals surface area contributed by atoms with Crippen LogP contribution >= 0.6 is 0 Å². The Bertz CT molecular complexity index is 696. The fourth-order valence-corrected chi connectivity index (χ4v) is 2.42. The number of hydrogen-bond donors (Lipinski definition) is 0. The summed E-state index contributed by atoms with van der Waals surface area (Å²) in [5, 5.41) is 4.52. The van der Waals surface area contributed by atoms with Gasteiger partial charge in [0.25, 0.3) is 0 Å². The molecule has 0 spiro atoms. The molecule has 0 bridgehead atoms. The standard InChI is InChI=1S/C18H18N2/c1-14(2)17-10-6-7-11-18(17)20-13-16(12-19-20)15-8-4-3-5-9-15/h3-14H,1-2H3. The average Bonchev–Trinajstić information content (AvgIpc) is 2.98. The zero-order valence-electron chi connectivity index (χ0n) is 11.8. The highest BCUT2D eigenvalue weighted by Gasteiger charge is 2.09. The Kier molecular flexibility index (Phi) is 3.38. The van der Waals surface area contributed by atoms with Gasteiger partial charge < -0.3 is 0 Å². The first kappa shape index (κ1) is 12.7. The molecular weight excluding hydrogens is 244 g/mol. The maximum Gasteiger partial charge on any atom is 0.0680 e. The van der Waals surface area contributed by atoms with E-state index in [4.69, 9.17) is 0 Å². The van der Waals surface area contributed by atoms with Crippen molar-refractivity contribution in [3.63, 3.8) is 0 Å². The molecule has 100 valence electrons. The molecule has 0 saturated heterocycles. The summed E-state index contributed by atoms with van der Waals surface area (Å²) in [6.45, 7) is 4.42. The minimum atomic E-state index is 0.482. The first-order valence-electron chi connectivity index (χ1n) is 6.95. The lowest BCUT2D eigenvalue weighted by Crippen LogP contribution is -2.01. The third-order valence-corrected chi connectivity index (χ3v) is 3.50. The van der Waals surface area contributed by atoms with Gasteiger partial charge >= 0.3 is 0 Å².